The summed E-state index contributed by atoms with van der Waals surface area (Å²) in [6, 6.07) is 24.7. The van der Waals surface area contributed by atoms with Crippen molar-refractivity contribution in [3.63, 3.8) is 0 Å². The minimum atomic E-state index is -4.25. The zero-order chi connectivity index (χ0) is 24.6. The van der Waals surface area contributed by atoms with Crippen molar-refractivity contribution in [2.24, 2.45) is 0 Å². The highest BCUT2D eigenvalue weighted by Gasteiger charge is 2.29. The molecule has 1 amide bonds. The molecule has 0 aliphatic heterocycles. The number of amides is 1. The van der Waals surface area contributed by atoms with Gasteiger partial charge in [-0.1, -0.05) is 72.8 Å². The fraction of sp³-hybridized carbons (Fsp3) is 0.269. The molecule has 0 fully saturated rings. The summed E-state index contributed by atoms with van der Waals surface area (Å²) in [5.41, 5.74) is 1.66. The third-order valence-electron chi connectivity index (χ3n) is 4.62. The van der Waals surface area contributed by atoms with Gasteiger partial charge in [0.25, 0.3) is 0 Å². The van der Waals surface area contributed by atoms with Crippen LogP contribution in [0.3, 0.4) is 0 Å². The molecular formula is C26H29NO6S. The van der Waals surface area contributed by atoms with Gasteiger partial charge in [-0.25, -0.2) is 4.79 Å². The number of carbonyl (C=O) groups excluding carboxylic acids is 1. The van der Waals surface area contributed by atoms with Gasteiger partial charge in [-0.05, 0) is 49.6 Å². The number of hydrogen-bond donors (Lipinski definition) is 0. The summed E-state index contributed by atoms with van der Waals surface area (Å²) in [7, 11) is -4.25. The molecule has 0 aromatic heterocycles. The van der Waals surface area contributed by atoms with Crippen LogP contribution in [0.1, 0.15) is 37.5 Å². The first-order valence-electron chi connectivity index (χ1n) is 10.8. The van der Waals surface area contributed by atoms with Crippen molar-refractivity contribution in [1.82, 2.24) is 5.06 Å². The van der Waals surface area contributed by atoms with Gasteiger partial charge < -0.3 is 9.47 Å². The first kappa shape index (κ1) is 25.4. The fourth-order valence-electron chi connectivity index (χ4n) is 3.04. The van der Waals surface area contributed by atoms with Crippen molar-refractivity contribution in [3.8, 4) is 0 Å². The summed E-state index contributed by atoms with van der Waals surface area (Å²) in [5.74, 6) is 0. The Labute approximate surface area is 201 Å². The van der Waals surface area contributed by atoms with Crippen LogP contribution < -0.4 is 0 Å². The third kappa shape index (κ3) is 7.69. The molecule has 0 aliphatic rings. The smallest absolute Gasteiger partial charge is 0.435 e. The molecule has 0 heterocycles. The molecular weight excluding hydrogens is 454 g/mol. The van der Waals surface area contributed by atoms with Crippen LogP contribution in [0.15, 0.2) is 89.8 Å². The van der Waals surface area contributed by atoms with Crippen LogP contribution in [0, 0.1) is 0 Å². The molecule has 0 saturated carbocycles. The average molecular weight is 484 g/mol. The Morgan fingerprint density at radius 3 is 1.97 bits per heavy atom. The Hall–Kier alpha value is -3.20. The Morgan fingerprint density at radius 1 is 0.794 bits per heavy atom. The molecule has 0 N–H and O–H groups in total. The van der Waals surface area contributed by atoms with Crippen LogP contribution >= 0.6 is 0 Å². The quantitative estimate of drug-likeness (QED) is 0.376. The van der Waals surface area contributed by atoms with E-state index in [1.165, 1.54) is 12.1 Å². The maximum atomic E-state index is 12.9. The van der Waals surface area contributed by atoms with E-state index < -0.39 is 21.8 Å². The summed E-state index contributed by atoms with van der Waals surface area (Å²) in [5, 5.41) is 0.726. The number of hydrogen-bond acceptors (Lipinski definition) is 6. The summed E-state index contributed by atoms with van der Waals surface area (Å²) in [6.07, 6.45) is -0.910. The van der Waals surface area contributed by atoms with Crippen molar-refractivity contribution in [3.05, 3.63) is 102 Å². The second-order valence-electron chi connectivity index (χ2n) is 8.61. The third-order valence-corrected chi connectivity index (χ3v) is 5.84. The number of hydroxylamine groups is 2. The summed E-state index contributed by atoms with van der Waals surface area (Å²) in [4.78, 5) is 12.8. The summed E-state index contributed by atoms with van der Waals surface area (Å²) >= 11 is 0. The van der Waals surface area contributed by atoms with Gasteiger partial charge in [0.05, 0.1) is 24.7 Å². The van der Waals surface area contributed by atoms with E-state index in [2.05, 4.69) is 0 Å². The van der Waals surface area contributed by atoms with Crippen LogP contribution in [0.2, 0.25) is 0 Å². The highest BCUT2D eigenvalue weighted by atomic mass is 32.2. The Bertz CT molecular complexity index is 1170. The van der Waals surface area contributed by atoms with E-state index in [-0.39, 0.29) is 18.0 Å². The van der Waals surface area contributed by atoms with Crippen LogP contribution in [0.4, 0.5) is 4.79 Å². The topological polar surface area (TPSA) is 82.1 Å². The predicted molar refractivity (Wildman–Crippen MR) is 128 cm³/mol. The Balaban J connectivity index is 1.80. The standard InChI is InChI=1S/C26H29NO6S/c1-26(2,3)32-25(28)27(33-34(29,30)24-16-8-5-9-17-24)18-22-14-10-11-15-23(22)20-31-19-21-12-6-4-7-13-21/h4-17H,18-20H2,1-3H3. The molecule has 3 rings (SSSR count). The molecule has 34 heavy (non-hydrogen) atoms. The van der Waals surface area contributed by atoms with Crippen LogP contribution in [0.5, 0.6) is 0 Å². The lowest BCUT2D eigenvalue weighted by molar-refractivity contribution is -0.0742. The van der Waals surface area contributed by atoms with E-state index in [0.717, 1.165) is 16.2 Å². The SMILES string of the molecule is CC(C)(C)OC(=O)N(Cc1ccccc1COCc1ccccc1)OS(=O)(=O)c1ccccc1. The van der Waals surface area contributed by atoms with E-state index in [4.69, 9.17) is 13.8 Å². The van der Waals surface area contributed by atoms with Crippen LogP contribution in [-0.4, -0.2) is 25.2 Å². The molecule has 180 valence electrons. The molecule has 0 bridgehead atoms. The van der Waals surface area contributed by atoms with Gasteiger partial charge in [0.15, 0.2) is 0 Å². The Kier molecular flexibility index (Phi) is 8.44. The lowest BCUT2D eigenvalue weighted by atomic mass is 10.1. The Morgan fingerprint density at radius 2 is 1.35 bits per heavy atom. The molecule has 3 aromatic rings. The minimum Gasteiger partial charge on any atom is -0.442 e. The molecule has 0 spiro atoms. The van der Waals surface area contributed by atoms with Gasteiger partial charge in [-0.3, -0.25) is 0 Å². The van der Waals surface area contributed by atoms with Gasteiger partial charge in [-0.15, -0.1) is 4.28 Å². The van der Waals surface area contributed by atoms with Gasteiger partial charge in [0.1, 0.15) is 5.60 Å². The molecule has 0 saturated heterocycles. The zero-order valence-corrected chi connectivity index (χ0v) is 20.3. The van der Waals surface area contributed by atoms with E-state index in [9.17, 15) is 13.2 Å². The second kappa shape index (κ2) is 11.3. The van der Waals surface area contributed by atoms with Gasteiger partial charge in [0.2, 0.25) is 0 Å². The van der Waals surface area contributed by atoms with E-state index in [1.807, 2.05) is 42.5 Å². The highest BCUT2D eigenvalue weighted by molar-refractivity contribution is 7.86. The fourth-order valence-corrected chi connectivity index (χ4v) is 3.97. The number of carbonyl (C=O) groups is 1. The molecule has 0 unspecified atom stereocenters. The first-order valence-corrected chi connectivity index (χ1v) is 12.2. The lowest BCUT2D eigenvalue weighted by Crippen LogP contribution is -2.38. The van der Waals surface area contributed by atoms with Crippen molar-refractivity contribution < 1.29 is 27.0 Å². The summed E-state index contributed by atoms with van der Waals surface area (Å²) in [6.45, 7) is 5.63. The number of rotatable bonds is 9. The number of benzene rings is 3. The second-order valence-corrected chi connectivity index (χ2v) is 10.1. The van der Waals surface area contributed by atoms with Gasteiger partial charge >= 0.3 is 16.2 Å². The monoisotopic (exact) mass is 483 g/mol. The highest BCUT2D eigenvalue weighted by Crippen LogP contribution is 2.21. The summed E-state index contributed by atoms with van der Waals surface area (Å²) < 4.78 is 42.1. The molecule has 8 heteroatoms. The lowest BCUT2D eigenvalue weighted by Gasteiger charge is -2.26. The van der Waals surface area contributed by atoms with Crippen molar-refractivity contribution in [2.45, 2.75) is 51.0 Å². The molecule has 7 nitrogen and oxygen atoms in total. The first-order chi connectivity index (χ1) is 16.1. The van der Waals surface area contributed by atoms with Crippen LogP contribution in [0.25, 0.3) is 0 Å². The van der Waals surface area contributed by atoms with Crippen molar-refractivity contribution >= 4 is 16.2 Å². The van der Waals surface area contributed by atoms with Crippen molar-refractivity contribution in [2.75, 3.05) is 0 Å². The predicted octanol–water partition coefficient (Wildman–Crippen LogP) is 5.46. The molecule has 0 atom stereocenters. The maximum absolute atomic E-state index is 12.9. The number of nitrogens with zero attached hydrogens (tertiary/aromatic N) is 1. The van der Waals surface area contributed by atoms with Crippen molar-refractivity contribution in [1.29, 1.82) is 0 Å². The molecule has 3 aromatic carbocycles. The number of ether oxygens (including phenoxy) is 2. The van der Waals surface area contributed by atoms with Crippen LogP contribution in [-0.2, 0) is 43.6 Å². The zero-order valence-electron chi connectivity index (χ0n) is 19.5. The van der Waals surface area contributed by atoms with Gasteiger partial charge in [0, 0.05) is 0 Å². The maximum Gasteiger partial charge on any atom is 0.435 e. The minimum absolute atomic E-state index is 0.0666. The van der Waals surface area contributed by atoms with Gasteiger partial charge in [-0.2, -0.15) is 13.5 Å². The molecule has 0 radical (unpaired) electrons. The average Bonchev–Trinajstić information content (AvgIpc) is 2.80. The molecule has 0 aliphatic carbocycles. The normalized spacial score (nSPS) is 11.7. The van der Waals surface area contributed by atoms with E-state index >= 15 is 0 Å². The van der Waals surface area contributed by atoms with E-state index in [1.54, 1.807) is 51.1 Å². The van der Waals surface area contributed by atoms with E-state index in [0.29, 0.717) is 12.2 Å². The largest absolute Gasteiger partial charge is 0.442 e.